The summed E-state index contributed by atoms with van der Waals surface area (Å²) in [5.41, 5.74) is 4.49. The number of ether oxygens (including phenoxy) is 1. The summed E-state index contributed by atoms with van der Waals surface area (Å²) >= 11 is 0. The van der Waals surface area contributed by atoms with Crippen LogP contribution in [0.15, 0.2) is 65.5 Å². The van der Waals surface area contributed by atoms with Crippen LogP contribution in [0.1, 0.15) is 71.7 Å². The van der Waals surface area contributed by atoms with Crippen LogP contribution in [0.5, 0.6) is 0 Å². The van der Waals surface area contributed by atoms with Gasteiger partial charge in [0.15, 0.2) is 6.73 Å². The maximum Gasteiger partial charge on any atom is 0.312 e. The van der Waals surface area contributed by atoms with E-state index in [-0.39, 0.29) is 24.2 Å². The van der Waals surface area contributed by atoms with Crippen molar-refractivity contribution in [1.29, 1.82) is 5.26 Å². The van der Waals surface area contributed by atoms with Crippen molar-refractivity contribution < 1.29 is 14.3 Å². The molecule has 1 unspecified atom stereocenters. The van der Waals surface area contributed by atoms with Crippen LogP contribution in [0.25, 0.3) is 10.9 Å². The van der Waals surface area contributed by atoms with Gasteiger partial charge in [-0.1, -0.05) is 18.1 Å². The van der Waals surface area contributed by atoms with Crippen molar-refractivity contribution in [2.24, 2.45) is 5.41 Å². The number of esters is 1. The molecule has 0 spiro atoms. The Hall–Kier alpha value is -5.41. The number of carbonyl (C=O) groups excluding carboxylic acids is 2. The van der Waals surface area contributed by atoms with Crippen LogP contribution in [0.4, 0.5) is 5.69 Å². The number of hydrogen-bond acceptors (Lipinski definition) is 7. The Balaban J connectivity index is 1.38. The number of anilines is 1. The summed E-state index contributed by atoms with van der Waals surface area (Å²) in [7, 11) is 0. The third kappa shape index (κ3) is 6.58. The molecular formula is C36H35N5O4. The van der Waals surface area contributed by atoms with Crippen molar-refractivity contribution in [2.75, 3.05) is 11.4 Å². The molecule has 0 saturated heterocycles. The number of aryl methyl sites for hydroxylation is 2. The fourth-order valence-electron chi connectivity index (χ4n) is 5.55. The fraction of sp³-hybridized carbons (Fsp3) is 0.306. The second kappa shape index (κ2) is 12.7. The topological polar surface area (TPSA) is 117 Å². The molecule has 1 aliphatic rings. The maximum atomic E-state index is 13.6. The minimum atomic E-state index is -0.691. The van der Waals surface area contributed by atoms with E-state index in [2.05, 4.69) is 27.2 Å². The smallest absolute Gasteiger partial charge is 0.312 e. The van der Waals surface area contributed by atoms with Gasteiger partial charge >= 0.3 is 5.97 Å². The molecule has 45 heavy (non-hydrogen) atoms. The second-order valence-electron chi connectivity index (χ2n) is 12.2. The van der Waals surface area contributed by atoms with Gasteiger partial charge in [-0.05, 0) is 106 Å². The van der Waals surface area contributed by atoms with Crippen molar-refractivity contribution >= 4 is 28.5 Å². The number of aromatic nitrogens is 2. The zero-order valence-corrected chi connectivity index (χ0v) is 25.9. The first-order valence-corrected chi connectivity index (χ1v) is 14.8. The number of amides is 1. The molecule has 9 heteroatoms. The SMILES string of the molecule is C#CCN(c1ccc(C(=O)NCc2cccc(C#N)c2)cc1)C1CCc2cc3nc(C)n(COC(=O)C(C)(C)C)c(=O)c3cc21. The monoisotopic (exact) mass is 601 g/mol. The lowest BCUT2D eigenvalue weighted by Gasteiger charge is -2.30. The summed E-state index contributed by atoms with van der Waals surface area (Å²) in [6, 6.07) is 20.3. The van der Waals surface area contributed by atoms with E-state index in [0.717, 1.165) is 35.2 Å². The summed E-state index contributed by atoms with van der Waals surface area (Å²) in [4.78, 5) is 45.6. The summed E-state index contributed by atoms with van der Waals surface area (Å²) in [6.07, 6.45) is 7.41. The normalized spacial score (nSPS) is 13.9. The predicted octanol–water partition coefficient (Wildman–Crippen LogP) is 5.18. The lowest BCUT2D eigenvalue weighted by Crippen LogP contribution is -2.30. The largest absolute Gasteiger partial charge is 0.443 e. The number of nitriles is 1. The van der Waals surface area contributed by atoms with Crippen LogP contribution in [0.3, 0.4) is 0 Å². The van der Waals surface area contributed by atoms with E-state index >= 15 is 0 Å². The molecule has 0 aliphatic heterocycles. The predicted molar refractivity (Wildman–Crippen MR) is 172 cm³/mol. The number of nitrogens with one attached hydrogen (secondary N) is 1. The Morgan fingerprint density at radius 3 is 2.60 bits per heavy atom. The number of terminal acetylenes is 1. The molecule has 3 aromatic carbocycles. The average molecular weight is 602 g/mol. The first-order valence-electron chi connectivity index (χ1n) is 14.8. The number of benzene rings is 3. The molecule has 228 valence electrons. The molecule has 0 radical (unpaired) electrons. The molecule has 1 aromatic heterocycles. The van der Waals surface area contributed by atoms with Gasteiger partial charge in [-0.2, -0.15) is 5.26 Å². The van der Waals surface area contributed by atoms with Crippen LogP contribution in [-0.4, -0.2) is 28.0 Å². The highest BCUT2D eigenvalue weighted by Gasteiger charge is 2.30. The van der Waals surface area contributed by atoms with Gasteiger partial charge in [0.25, 0.3) is 11.5 Å². The van der Waals surface area contributed by atoms with Crippen molar-refractivity contribution in [3.8, 4) is 18.4 Å². The standard InChI is InChI=1S/C36H35N5O4/c1-6-16-40(28-13-10-26(11-14-28)33(42)38-21-25-9-7-8-24(17-25)20-37)32-15-12-27-18-31-30(19-29(27)32)34(43)41(23(2)39-31)22-45-35(44)36(3,4)5/h1,7-11,13-14,17-19,32H,12,15-16,21-22H2,2-5H3,(H,38,42). The highest BCUT2D eigenvalue weighted by molar-refractivity contribution is 5.94. The third-order valence-corrected chi connectivity index (χ3v) is 8.00. The van der Waals surface area contributed by atoms with Gasteiger partial charge in [0.1, 0.15) is 5.82 Å². The van der Waals surface area contributed by atoms with Crippen molar-refractivity contribution in [3.05, 3.63) is 105 Å². The molecule has 1 aliphatic carbocycles. The fourth-order valence-corrected chi connectivity index (χ4v) is 5.55. The van der Waals surface area contributed by atoms with E-state index in [0.29, 0.717) is 40.9 Å². The van der Waals surface area contributed by atoms with Crippen LogP contribution >= 0.6 is 0 Å². The van der Waals surface area contributed by atoms with Crippen LogP contribution in [0.2, 0.25) is 0 Å². The van der Waals surface area contributed by atoms with Gasteiger partial charge in [-0.15, -0.1) is 6.42 Å². The molecule has 0 fully saturated rings. The number of rotatable bonds is 8. The van der Waals surface area contributed by atoms with Gasteiger partial charge in [0, 0.05) is 17.8 Å². The van der Waals surface area contributed by atoms with Crippen molar-refractivity contribution in [3.63, 3.8) is 0 Å². The Bertz CT molecular complexity index is 1920. The van der Waals surface area contributed by atoms with Crippen LogP contribution in [0, 0.1) is 36.0 Å². The van der Waals surface area contributed by atoms with Crippen LogP contribution in [-0.2, 0) is 29.2 Å². The minimum Gasteiger partial charge on any atom is -0.443 e. The molecule has 4 aromatic rings. The first-order chi connectivity index (χ1) is 21.5. The first kappa shape index (κ1) is 31.0. The zero-order valence-electron chi connectivity index (χ0n) is 25.9. The summed E-state index contributed by atoms with van der Waals surface area (Å²) in [5, 5.41) is 12.5. The maximum absolute atomic E-state index is 13.6. The number of fused-ring (bicyclic) bond motifs is 2. The van der Waals surface area contributed by atoms with Crippen molar-refractivity contribution in [1.82, 2.24) is 14.9 Å². The van der Waals surface area contributed by atoms with E-state index in [1.54, 1.807) is 58.0 Å². The number of nitrogens with zero attached hydrogens (tertiary/aromatic N) is 4. The molecule has 1 N–H and O–H groups in total. The van der Waals surface area contributed by atoms with E-state index in [1.165, 1.54) is 4.57 Å². The van der Waals surface area contributed by atoms with Gasteiger partial charge in [0.05, 0.1) is 40.5 Å². The highest BCUT2D eigenvalue weighted by Crippen LogP contribution is 2.39. The molecule has 0 bridgehead atoms. The zero-order chi connectivity index (χ0) is 32.3. The van der Waals surface area contributed by atoms with Gasteiger partial charge in [-0.25, -0.2) is 4.98 Å². The number of carbonyl (C=O) groups is 2. The van der Waals surface area contributed by atoms with Gasteiger partial charge in [0.2, 0.25) is 0 Å². The van der Waals surface area contributed by atoms with Gasteiger partial charge in [-0.3, -0.25) is 19.0 Å². The molecule has 1 atom stereocenters. The summed E-state index contributed by atoms with van der Waals surface area (Å²) < 4.78 is 6.81. The third-order valence-electron chi connectivity index (χ3n) is 8.00. The highest BCUT2D eigenvalue weighted by atomic mass is 16.5. The quantitative estimate of drug-likeness (QED) is 0.218. The number of hydrogen-bond donors (Lipinski definition) is 1. The van der Waals surface area contributed by atoms with Crippen LogP contribution < -0.4 is 15.8 Å². The van der Waals surface area contributed by atoms with E-state index in [4.69, 9.17) is 16.4 Å². The average Bonchev–Trinajstić information content (AvgIpc) is 3.43. The summed E-state index contributed by atoms with van der Waals surface area (Å²) in [6.45, 7) is 7.44. The van der Waals surface area contributed by atoms with E-state index < -0.39 is 11.4 Å². The Morgan fingerprint density at radius 2 is 1.91 bits per heavy atom. The molecule has 9 nitrogen and oxygen atoms in total. The molecule has 1 amide bonds. The van der Waals surface area contributed by atoms with Crippen molar-refractivity contribution in [2.45, 2.75) is 59.9 Å². The molecule has 0 saturated carbocycles. The lowest BCUT2D eigenvalue weighted by atomic mass is 9.98. The Morgan fingerprint density at radius 1 is 1.16 bits per heavy atom. The minimum absolute atomic E-state index is 0.0830. The van der Waals surface area contributed by atoms with E-state index in [1.807, 2.05) is 30.3 Å². The molecular weight excluding hydrogens is 566 g/mol. The Labute approximate surface area is 262 Å². The lowest BCUT2D eigenvalue weighted by molar-refractivity contribution is -0.157. The molecule has 5 rings (SSSR count). The Kier molecular flexibility index (Phi) is 8.74. The van der Waals surface area contributed by atoms with Gasteiger partial charge < -0.3 is 15.0 Å². The summed E-state index contributed by atoms with van der Waals surface area (Å²) in [5.74, 6) is 2.60. The molecule has 1 heterocycles. The van der Waals surface area contributed by atoms with E-state index in [9.17, 15) is 14.4 Å². The second-order valence-corrected chi connectivity index (χ2v) is 12.2.